The molecule has 0 bridgehead atoms. The zero-order valence-electron chi connectivity index (χ0n) is 10.7. The van der Waals surface area contributed by atoms with E-state index in [9.17, 15) is 4.79 Å². The van der Waals surface area contributed by atoms with Gasteiger partial charge in [-0.2, -0.15) is 0 Å². The summed E-state index contributed by atoms with van der Waals surface area (Å²) in [5.41, 5.74) is 2.06. The van der Waals surface area contributed by atoms with Crippen molar-refractivity contribution in [3.05, 3.63) is 65.7 Å². The minimum atomic E-state index is -0.338. The van der Waals surface area contributed by atoms with Crippen molar-refractivity contribution in [3.8, 4) is 5.75 Å². The molecule has 98 valence electrons. The largest absolute Gasteiger partial charge is 0.425 e. The third-order valence-electron chi connectivity index (χ3n) is 2.82. The molecule has 0 saturated heterocycles. The predicted octanol–water partition coefficient (Wildman–Crippen LogP) is 3.91. The average Bonchev–Trinajstić information content (AvgIpc) is 2.42. The molecule has 0 amide bonds. The van der Waals surface area contributed by atoms with E-state index in [-0.39, 0.29) is 10.8 Å². The zero-order valence-corrected chi connectivity index (χ0v) is 12.3. The van der Waals surface area contributed by atoms with Crippen molar-refractivity contribution in [2.75, 3.05) is 0 Å². The molecular weight excluding hydrogens is 304 g/mol. The lowest BCUT2D eigenvalue weighted by Crippen LogP contribution is -2.22. The molecule has 0 aliphatic heterocycles. The minimum Gasteiger partial charge on any atom is -0.425 e. The fourth-order valence-corrected chi connectivity index (χ4v) is 2.21. The summed E-state index contributed by atoms with van der Waals surface area (Å²) in [6.45, 7) is 1.92. The van der Waals surface area contributed by atoms with E-state index < -0.39 is 0 Å². The Morgan fingerprint density at radius 3 is 2.42 bits per heavy atom. The lowest BCUT2D eigenvalue weighted by molar-refractivity contribution is -0.133. The van der Waals surface area contributed by atoms with Gasteiger partial charge in [-0.05, 0) is 30.5 Å². The molecule has 0 N–H and O–H groups in total. The molecule has 0 aromatic heterocycles. The van der Waals surface area contributed by atoms with Gasteiger partial charge in [-0.3, -0.25) is 4.79 Å². The fourth-order valence-electron chi connectivity index (χ4n) is 1.75. The summed E-state index contributed by atoms with van der Waals surface area (Å²) >= 11 is 3.39. The smallest absolute Gasteiger partial charge is 0.325 e. The Balaban J connectivity index is 1.99. The topological polar surface area (TPSA) is 26.3 Å². The molecular formula is C16H15BrO2. The molecule has 3 heteroatoms. The standard InChI is InChI=1S/C16H15BrO2/c1-12-7-5-6-10-15(12)19-16(18)14(17)11-13-8-3-2-4-9-13/h2-10,14H,11H2,1H3/t14-/m1/s1. The second-order valence-electron chi connectivity index (χ2n) is 4.34. The first kappa shape index (κ1) is 13.8. The number of esters is 1. The highest BCUT2D eigenvalue weighted by Crippen LogP contribution is 2.19. The Kier molecular flexibility index (Phi) is 4.74. The van der Waals surface area contributed by atoms with Crippen LogP contribution in [0.1, 0.15) is 11.1 Å². The lowest BCUT2D eigenvalue weighted by atomic mass is 10.1. The summed E-state index contributed by atoms with van der Waals surface area (Å²) in [6.07, 6.45) is 0.617. The molecule has 2 aromatic carbocycles. The second kappa shape index (κ2) is 6.53. The number of para-hydroxylation sites is 1. The van der Waals surface area contributed by atoms with E-state index in [0.29, 0.717) is 12.2 Å². The van der Waals surface area contributed by atoms with Crippen molar-refractivity contribution in [2.45, 2.75) is 18.2 Å². The van der Waals surface area contributed by atoms with Crippen LogP contribution in [0.5, 0.6) is 5.75 Å². The van der Waals surface area contributed by atoms with Gasteiger partial charge in [-0.15, -0.1) is 0 Å². The van der Waals surface area contributed by atoms with Crippen molar-refractivity contribution in [1.82, 2.24) is 0 Å². The van der Waals surface area contributed by atoms with E-state index in [1.54, 1.807) is 6.07 Å². The maximum Gasteiger partial charge on any atom is 0.325 e. The molecule has 0 unspecified atom stereocenters. The SMILES string of the molecule is Cc1ccccc1OC(=O)[C@H](Br)Cc1ccccc1. The molecule has 0 aliphatic rings. The van der Waals surface area contributed by atoms with Crippen LogP contribution in [0.15, 0.2) is 54.6 Å². The van der Waals surface area contributed by atoms with Crippen LogP contribution in [0, 0.1) is 6.92 Å². The highest BCUT2D eigenvalue weighted by Gasteiger charge is 2.18. The Hall–Kier alpha value is -1.61. The lowest BCUT2D eigenvalue weighted by Gasteiger charge is -2.11. The van der Waals surface area contributed by atoms with Gasteiger partial charge in [0.05, 0.1) is 0 Å². The molecule has 2 nitrogen and oxygen atoms in total. The third-order valence-corrected chi connectivity index (χ3v) is 3.52. The van der Waals surface area contributed by atoms with E-state index in [4.69, 9.17) is 4.74 Å². The quantitative estimate of drug-likeness (QED) is 0.485. The molecule has 0 saturated carbocycles. The molecule has 0 aliphatic carbocycles. The van der Waals surface area contributed by atoms with Gasteiger partial charge in [0.25, 0.3) is 0 Å². The Labute approximate surface area is 121 Å². The minimum absolute atomic E-state index is 0.266. The highest BCUT2D eigenvalue weighted by atomic mass is 79.9. The van der Waals surface area contributed by atoms with Gasteiger partial charge in [-0.25, -0.2) is 0 Å². The number of halogens is 1. The van der Waals surface area contributed by atoms with Crippen LogP contribution in [-0.4, -0.2) is 10.8 Å². The fraction of sp³-hybridized carbons (Fsp3) is 0.188. The van der Waals surface area contributed by atoms with Crippen LogP contribution >= 0.6 is 15.9 Å². The normalized spacial score (nSPS) is 11.9. The van der Waals surface area contributed by atoms with E-state index in [1.807, 2.05) is 55.5 Å². The molecule has 0 radical (unpaired) electrons. The maximum absolute atomic E-state index is 12.0. The van der Waals surface area contributed by atoms with E-state index in [2.05, 4.69) is 15.9 Å². The number of hydrogen-bond acceptors (Lipinski definition) is 2. The molecule has 0 fully saturated rings. The highest BCUT2D eigenvalue weighted by molar-refractivity contribution is 9.10. The Morgan fingerprint density at radius 2 is 1.74 bits per heavy atom. The number of alkyl halides is 1. The van der Waals surface area contributed by atoms with Crippen LogP contribution in [0.2, 0.25) is 0 Å². The van der Waals surface area contributed by atoms with Gasteiger partial charge >= 0.3 is 5.97 Å². The van der Waals surface area contributed by atoms with Crippen LogP contribution in [0.4, 0.5) is 0 Å². The van der Waals surface area contributed by atoms with Crippen LogP contribution < -0.4 is 4.74 Å². The van der Waals surface area contributed by atoms with E-state index >= 15 is 0 Å². The molecule has 1 atom stereocenters. The number of hydrogen-bond donors (Lipinski definition) is 0. The van der Waals surface area contributed by atoms with Gasteiger partial charge in [0.15, 0.2) is 0 Å². The number of rotatable bonds is 4. The average molecular weight is 319 g/mol. The van der Waals surface area contributed by atoms with Crippen LogP contribution in [-0.2, 0) is 11.2 Å². The molecule has 0 heterocycles. The van der Waals surface area contributed by atoms with Crippen molar-refractivity contribution < 1.29 is 9.53 Å². The van der Waals surface area contributed by atoms with Crippen molar-refractivity contribution in [1.29, 1.82) is 0 Å². The second-order valence-corrected chi connectivity index (χ2v) is 5.45. The summed E-state index contributed by atoms with van der Waals surface area (Å²) in [5, 5.41) is 0. The Bertz CT molecular complexity index is 552. The van der Waals surface area contributed by atoms with Gasteiger partial charge in [0.2, 0.25) is 0 Å². The van der Waals surface area contributed by atoms with Gasteiger partial charge in [0, 0.05) is 0 Å². The summed E-state index contributed by atoms with van der Waals surface area (Å²) < 4.78 is 5.39. The van der Waals surface area contributed by atoms with Gasteiger partial charge < -0.3 is 4.74 Å². The number of carbonyl (C=O) groups is 1. The van der Waals surface area contributed by atoms with Crippen molar-refractivity contribution in [2.24, 2.45) is 0 Å². The molecule has 0 spiro atoms. The predicted molar refractivity (Wildman–Crippen MR) is 79.7 cm³/mol. The molecule has 2 rings (SSSR count). The summed E-state index contributed by atoms with van der Waals surface area (Å²) in [5.74, 6) is 0.350. The number of carbonyl (C=O) groups excluding carboxylic acids is 1. The monoisotopic (exact) mass is 318 g/mol. The van der Waals surface area contributed by atoms with E-state index in [0.717, 1.165) is 11.1 Å². The molecule has 2 aromatic rings. The van der Waals surface area contributed by atoms with Crippen LogP contribution in [0.25, 0.3) is 0 Å². The maximum atomic E-state index is 12.0. The molecule has 19 heavy (non-hydrogen) atoms. The van der Waals surface area contributed by atoms with Gasteiger partial charge in [-0.1, -0.05) is 64.5 Å². The van der Waals surface area contributed by atoms with Crippen molar-refractivity contribution >= 4 is 21.9 Å². The summed E-state index contributed by atoms with van der Waals surface area (Å²) in [7, 11) is 0. The zero-order chi connectivity index (χ0) is 13.7. The first-order chi connectivity index (χ1) is 9.16. The third kappa shape index (κ3) is 3.93. The number of ether oxygens (including phenoxy) is 1. The Morgan fingerprint density at radius 1 is 1.11 bits per heavy atom. The van der Waals surface area contributed by atoms with Crippen molar-refractivity contribution in [3.63, 3.8) is 0 Å². The number of benzene rings is 2. The first-order valence-corrected chi connectivity index (χ1v) is 7.03. The van der Waals surface area contributed by atoms with Gasteiger partial charge in [0.1, 0.15) is 10.6 Å². The number of aryl methyl sites for hydroxylation is 1. The summed E-state index contributed by atoms with van der Waals surface area (Å²) in [6, 6.07) is 17.4. The first-order valence-electron chi connectivity index (χ1n) is 6.12. The van der Waals surface area contributed by atoms with E-state index in [1.165, 1.54) is 0 Å². The van der Waals surface area contributed by atoms with Crippen LogP contribution in [0.3, 0.4) is 0 Å². The summed E-state index contributed by atoms with van der Waals surface area (Å²) in [4.78, 5) is 11.7.